The first kappa shape index (κ1) is 17.1. The molecule has 1 saturated heterocycles. The maximum Gasteiger partial charge on any atom is 0.115 e. The molecule has 128 valence electrons. The van der Waals surface area contributed by atoms with Gasteiger partial charge in [0.15, 0.2) is 0 Å². The Bertz CT molecular complexity index is 606. The van der Waals surface area contributed by atoms with Gasteiger partial charge in [0.25, 0.3) is 0 Å². The second-order valence-corrected chi connectivity index (χ2v) is 9.89. The molecule has 1 aromatic carbocycles. The summed E-state index contributed by atoms with van der Waals surface area (Å²) in [7, 11) is -1.13. The zero-order valence-electron chi connectivity index (χ0n) is 14.2. The van der Waals surface area contributed by atoms with Crippen molar-refractivity contribution in [3.63, 3.8) is 0 Å². The van der Waals surface area contributed by atoms with Crippen LogP contribution in [0.1, 0.15) is 56.3 Å². The fraction of sp³-hybridized carbons (Fsp3) is 0.667. The van der Waals surface area contributed by atoms with E-state index < -0.39 is 17.7 Å². The maximum atomic E-state index is 13.1. The van der Waals surface area contributed by atoms with E-state index >= 15 is 0 Å². The minimum absolute atomic E-state index is 0.0474. The van der Waals surface area contributed by atoms with Gasteiger partial charge in [-0.15, -0.1) is 0 Å². The molecule has 1 heterocycles. The smallest absolute Gasteiger partial charge is 0.115 e. The molecule has 1 aromatic rings. The molecule has 3 rings (SSSR count). The zero-order valence-corrected chi connectivity index (χ0v) is 15.1. The molecule has 1 unspecified atom stereocenters. The second-order valence-electron chi connectivity index (χ2n) is 7.89. The van der Waals surface area contributed by atoms with Crippen molar-refractivity contribution < 1.29 is 8.60 Å². The second kappa shape index (κ2) is 6.26. The van der Waals surface area contributed by atoms with E-state index in [1.807, 2.05) is 32.9 Å². The number of fused-ring (bicyclic) bond motifs is 1. The Kier molecular flexibility index (Phi) is 4.64. The lowest BCUT2D eigenvalue weighted by molar-refractivity contribution is 0.164. The van der Waals surface area contributed by atoms with E-state index in [4.69, 9.17) is 0 Å². The van der Waals surface area contributed by atoms with Gasteiger partial charge in [-0.3, -0.25) is 0 Å². The first-order valence-electron chi connectivity index (χ1n) is 8.42. The molecule has 2 aliphatic rings. The van der Waals surface area contributed by atoms with Gasteiger partial charge in [-0.05, 0) is 75.2 Å². The standard InChI is InChI=1S/C18H27FN2OS/c1-17(2,3)23(22)21-16-15-10-13(12-19)4-5-14(15)11-18(16)6-8-20-9-7-18/h4-5,10,16,20-21H,6-9,11-12H2,1-3H3/t16-,23?/m1/s1. The zero-order chi connectivity index (χ0) is 16.7. The Morgan fingerprint density at radius 2 is 2.04 bits per heavy atom. The lowest BCUT2D eigenvalue weighted by atomic mass is 9.73. The molecule has 0 aromatic heterocycles. The van der Waals surface area contributed by atoms with Crippen LogP contribution in [0.2, 0.25) is 0 Å². The Hall–Kier alpha value is -0.780. The van der Waals surface area contributed by atoms with E-state index in [1.54, 1.807) is 0 Å². The van der Waals surface area contributed by atoms with Crippen LogP contribution in [0, 0.1) is 5.41 Å². The van der Waals surface area contributed by atoms with Gasteiger partial charge in [0.1, 0.15) is 6.67 Å². The molecular formula is C18H27FN2OS. The highest BCUT2D eigenvalue weighted by atomic mass is 32.2. The SMILES string of the molecule is CC(C)(C)S(=O)N[C@@H]1c2cc(CF)ccc2CC12CCNCC2. The van der Waals surface area contributed by atoms with Crippen LogP contribution in [0.3, 0.4) is 0 Å². The number of nitrogens with one attached hydrogen (secondary N) is 2. The van der Waals surface area contributed by atoms with Crippen LogP contribution in [0.25, 0.3) is 0 Å². The molecule has 1 aliphatic heterocycles. The molecule has 23 heavy (non-hydrogen) atoms. The molecule has 0 amide bonds. The van der Waals surface area contributed by atoms with Crippen LogP contribution in [-0.2, 0) is 24.1 Å². The number of halogens is 1. The summed E-state index contributed by atoms with van der Waals surface area (Å²) in [5.74, 6) is 0. The highest BCUT2D eigenvalue weighted by molar-refractivity contribution is 7.84. The first-order chi connectivity index (χ1) is 10.9. The number of piperidine rings is 1. The van der Waals surface area contributed by atoms with E-state index in [2.05, 4.69) is 16.1 Å². The highest BCUT2D eigenvalue weighted by Gasteiger charge is 2.47. The van der Waals surface area contributed by atoms with Crippen LogP contribution >= 0.6 is 0 Å². The van der Waals surface area contributed by atoms with Gasteiger partial charge in [0.2, 0.25) is 0 Å². The Balaban J connectivity index is 1.98. The summed E-state index contributed by atoms with van der Waals surface area (Å²) < 4.78 is 28.9. The quantitative estimate of drug-likeness (QED) is 0.889. The van der Waals surface area contributed by atoms with Crippen molar-refractivity contribution in [2.45, 2.75) is 57.5 Å². The monoisotopic (exact) mass is 338 g/mol. The molecule has 2 atom stereocenters. The molecule has 3 nitrogen and oxygen atoms in total. The topological polar surface area (TPSA) is 41.1 Å². The number of rotatable bonds is 3. The third-order valence-corrected chi connectivity index (χ3v) is 6.77. The number of alkyl halides is 1. The molecule has 0 saturated carbocycles. The van der Waals surface area contributed by atoms with E-state index in [0.717, 1.165) is 37.9 Å². The van der Waals surface area contributed by atoms with Gasteiger partial charge in [0.05, 0.1) is 21.8 Å². The van der Waals surface area contributed by atoms with Crippen molar-refractivity contribution in [3.8, 4) is 0 Å². The van der Waals surface area contributed by atoms with Crippen LogP contribution in [0.4, 0.5) is 4.39 Å². The summed E-state index contributed by atoms with van der Waals surface area (Å²) in [4.78, 5) is 0. The summed E-state index contributed by atoms with van der Waals surface area (Å²) in [5, 5.41) is 3.43. The average molecular weight is 338 g/mol. The van der Waals surface area contributed by atoms with Gasteiger partial charge in [-0.2, -0.15) is 0 Å². The van der Waals surface area contributed by atoms with Crippen molar-refractivity contribution >= 4 is 11.0 Å². The summed E-state index contributed by atoms with van der Waals surface area (Å²) in [5.41, 5.74) is 3.25. The molecule has 2 N–H and O–H groups in total. The van der Waals surface area contributed by atoms with Gasteiger partial charge in [0, 0.05) is 0 Å². The van der Waals surface area contributed by atoms with Crippen LogP contribution in [-0.4, -0.2) is 22.0 Å². The Labute approximate surface area is 141 Å². The van der Waals surface area contributed by atoms with E-state index in [0.29, 0.717) is 5.56 Å². The number of benzene rings is 1. The number of hydrogen-bond acceptors (Lipinski definition) is 2. The highest BCUT2D eigenvalue weighted by Crippen LogP contribution is 2.51. The van der Waals surface area contributed by atoms with Crippen molar-refractivity contribution in [2.75, 3.05) is 13.1 Å². The third-order valence-electron chi connectivity index (χ3n) is 5.21. The fourth-order valence-corrected chi connectivity index (χ4v) is 4.78. The average Bonchev–Trinajstić information content (AvgIpc) is 2.79. The molecule has 0 radical (unpaired) electrons. The summed E-state index contributed by atoms with van der Waals surface area (Å²) in [6.45, 7) is 7.49. The number of hydrogen-bond donors (Lipinski definition) is 2. The van der Waals surface area contributed by atoms with E-state index in [-0.39, 0.29) is 16.2 Å². The summed E-state index contributed by atoms with van der Waals surface area (Å²) in [6.07, 6.45) is 3.12. The van der Waals surface area contributed by atoms with Gasteiger partial charge in [-0.25, -0.2) is 13.3 Å². The first-order valence-corrected chi connectivity index (χ1v) is 9.57. The predicted molar refractivity (Wildman–Crippen MR) is 93.3 cm³/mol. The van der Waals surface area contributed by atoms with E-state index in [9.17, 15) is 8.60 Å². The normalized spacial score (nSPS) is 24.6. The third kappa shape index (κ3) is 3.24. The Morgan fingerprint density at radius 1 is 1.35 bits per heavy atom. The van der Waals surface area contributed by atoms with Crippen LogP contribution in [0.15, 0.2) is 18.2 Å². The lowest BCUT2D eigenvalue weighted by Crippen LogP contribution is -2.46. The lowest BCUT2D eigenvalue weighted by Gasteiger charge is -2.40. The molecule has 5 heteroatoms. The maximum absolute atomic E-state index is 13.1. The van der Waals surface area contributed by atoms with Gasteiger partial charge < -0.3 is 5.32 Å². The minimum atomic E-state index is -1.13. The van der Waals surface area contributed by atoms with Crippen molar-refractivity contribution in [1.29, 1.82) is 0 Å². The fourth-order valence-electron chi connectivity index (χ4n) is 3.83. The van der Waals surface area contributed by atoms with Gasteiger partial charge >= 0.3 is 0 Å². The van der Waals surface area contributed by atoms with Crippen molar-refractivity contribution in [1.82, 2.24) is 10.0 Å². The van der Waals surface area contributed by atoms with Crippen LogP contribution in [0.5, 0.6) is 0 Å². The largest absolute Gasteiger partial charge is 0.317 e. The van der Waals surface area contributed by atoms with Crippen molar-refractivity contribution in [3.05, 3.63) is 34.9 Å². The van der Waals surface area contributed by atoms with Crippen molar-refractivity contribution in [2.24, 2.45) is 5.41 Å². The van der Waals surface area contributed by atoms with Gasteiger partial charge in [-0.1, -0.05) is 18.2 Å². The molecule has 1 fully saturated rings. The molecule has 1 aliphatic carbocycles. The molecular weight excluding hydrogens is 311 g/mol. The van der Waals surface area contributed by atoms with E-state index in [1.165, 1.54) is 5.56 Å². The van der Waals surface area contributed by atoms with Crippen LogP contribution < -0.4 is 10.0 Å². The Morgan fingerprint density at radius 3 is 2.65 bits per heavy atom. The summed E-state index contributed by atoms with van der Waals surface area (Å²) in [6, 6.07) is 5.97. The summed E-state index contributed by atoms with van der Waals surface area (Å²) >= 11 is 0. The predicted octanol–water partition coefficient (Wildman–Crippen LogP) is 3.17. The molecule has 1 spiro atoms. The minimum Gasteiger partial charge on any atom is -0.317 e. The molecule has 0 bridgehead atoms.